The molecule has 0 aliphatic carbocycles. The molecule has 1 saturated heterocycles. The van der Waals surface area contributed by atoms with Crippen LogP contribution in [0.2, 0.25) is 0 Å². The van der Waals surface area contributed by atoms with Gasteiger partial charge in [-0.05, 0) is 29.5 Å². The van der Waals surface area contributed by atoms with Crippen molar-refractivity contribution in [1.82, 2.24) is 20.1 Å². The molecule has 1 fully saturated rings. The Kier molecular flexibility index (Phi) is 6.91. The van der Waals surface area contributed by atoms with Crippen molar-refractivity contribution in [3.05, 3.63) is 66.0 Å². The molecule has 0 saturated carbocycles. The Labute approximate surface area is 159 Å². The Morgan fingerprint density at radius 1 is 1.08 bits per heavy atom. The molecule has 1 N–H and O–H groups in total. The smallest absolute Gasteiger partial charge is 0.318 e. The van der Waals surface area contributed by atoms with E-state index in [1.807, 2.05) is 59.1 Å². The number of carbonyl (C=O) groups excluding carboxylic acids is 1. The largest absolute Gasteiger partial charge is 0.327 e. The molecule has 26 heavy (non-hydrogen) atoms. The minimum absolute atomic E-state index is 0.000168. The number of hydrogen-bond acceptors (Lipinski definition) is 4. The number of thioether (sulfide) groups is 1. The van der Waals surface area contributed by atoms with E-state index < -0.39 is 0 Å². The number of benzene rings is 1. The third-order valence-electron chi connectivity index (χ3n) is 4.71. The monoisotopic (exact) mass is 370 g/mol. The number of piperazine rings is 1. The predicted molar refractivity (Wildman–Crippen MR) is 107 cm³/mol. The third-order valence-corrected chi connectivity index (χ3v) is 5.30. The van der Waals surface area contributed by atoms with Crippen molar-refractivity contribution in [3.8, 4) is 0 Å². The van der Waals surface area contributed by atoms with E-state index in [1.54, 1.807) is 12.4 Å². The van der Waals surface area contributed by atoms with Crippen LogP contribution in [0.15, 0.2) is 54.9 Å². The molecule has 0 unspecified atom stereocenters. The fourth-order valence-corrected chi connectivity index (χ4v) is 3.61. The van der Waals surface area contributed by atoms with Crippen LogP contribution < -0.4 is 5.32 Å². The van der Waals surface area contributed by atoms with E-state index in [2.05, 4.69) is 21.5 Å². The Hall–Kier alpha value is -2.05. The molecule has 0 bridgehead atoms. The molecule has 1 aliphatic rings. The van der Waals surface area contributed by atoms with Gasteiger partial charge in [-0.1, -0.05) is 30.3 Å². The number of amides is 2. The van der Waals surface area contributed by atoms with Crippen LogP contribution in [0.5, 0.6) is 0 Å². The lowest BCUT2D eigenvalue weighted by atomic mass is 10.00. The summed E-state index contributed by atoms with van der Waals surface area (Å²) in [4.78, 5) is 21.3. The topological polar surface area (TPSA) is 48.5 Å². The highest BCUT2D eigenvalue weighted by atomic mass is 32.2. The fourth-order valence-electron chi connectivity index (χ4n) is 3.17. The first-order valence-corrected chi connectivity index (χ1v) is 10.4. The van der Waals surface area contributed by atoms with E-state index in [-0.39, 0.29) is 12.1 Å². The van der Waals surface area contributed by atoms with Gasteiger partial charge in [0, 0.05) is 50.9 Å². The van der Waals surface area contributed by atoms with Crippen LogP contribution in [0, 0.1) is 0 Å². The lowest BCUT2D eigenvalue weighted by Crippen LogP contribution is -2.52. The van der Waals surface area contributed by atoms with E-state index >= 15 is 0 Å². The number of nitrogens with one attached hydrogen (secondary N) is 1. The van der Waals surface area contributed by atoms with Crippen molar-refractivity contribution in [3.63, 3.8) is 0 Å². The Bertz CT molecular complexity index is 635. The minimum atomic E-state index is -0.166. The maximum Gasteiger partial charge on any atom is 0.318 e. The Morgan fingerprint density at radius 2 is 1.73 bits per heavy atom. The molecule has 2 amide bonds. The van der Waals surface area contributed by atoms with E-state index in [0.29, 0.717) is 0 Å². The molecular weight excluding hydrogens is 344 g/mol. The second-order valence-electron chi connectivity index (χ2n) is 6.40. The second-order valence-corrected chi connectivity index (χ2v) is 7.38. The van der Waals surface area contributed by atoms with Gasteiger partial charge in [0.15, 0.2) is 0 Å². The summed E-state index contributed by atoms with van der Waals surface area (Å²) in [5.41, 5.74) is 2.11. The van der Waals surface area contributed by atoms with Gasteiger partial charge in [-0.15, -0.1) is 0 Å². The molecular formula is C20H26N4OS. The average Bonchev–Trinajstić information content (AvgIpc) is 2.72. The predicted octanol–water partition coefficient (Wildman–Crippen LogP) is 2.86. The molecule has 0 spiro atoms. The molecule has 1 aromatic carbocycles. The lowest BCUT2D eigenvalue weighted by molar-refractivity contribution is 0.142. The summed E-state index contributed by atoms with van der Waals surface area (Å²) in [5.74, 6) is 1.14. The first-order valence-electron chi connectivity index (χ1n) is 8.99. The summed E-state index contributed by atoms with van der Waals surface area (Å²) in [5, 5.41) is 3.21. The fraction of sp³-hybridized carbons (Fsp3) is 0.400. The number of urea groups is 1. The van der Waals surface area contributed by atoms with Gasteiger partial charge in [0.1, 0.15) is 0 Å². The van der Waals surface area contributed by atoms with Gasteiger partial charge in [0.25, 0.3) is 0 Å². The van der Waals surface area contributed by atoms with Crippen molar-refractivity contribution in [2.24, 2.45) is 0 Å². The molecule has 0 radical (unpaired) electrons. The highest BCUT2D eigenvalue weighted by Gasteiger charge is 2.24. The van der Waals surface area contributed by atoms with E-state index in [1.165, 1.54) is 0 Å². The van der Waals surface area contributed by atoms with Gasteiger partial charge >= 0.3 is 6.03 Å². The Morgan fingerprint density at radius 3 is 2.38 bits per heavy atom. The van der Waals surface area contributed by atoms with Crippen LogP contribution in [0.3, 0.4) is 0 Å². The maximum absolute atomic E-state index is 12.9. The maximum atomic E-state index is 12.9. The van der Waals surface area contributed by atoms with Gasteiger partial charge in [0.2, 0.25) is 0 Å². The minimum Gasteiger partial charge on any atom is -0.327 e. The van der Waals surface area contributed by atoms with E-state index in [0.717, 1.165) is 49.6 Å². The highest BCUT2D eigenvalue weighted by Crippen LogP contribution is 2.21. The molecule has 3 rings (SSSR count). The number of pyridine rings is 1. The summed E-state index contributed by atoms with van der Waals surface area (Å²) in [6, 6.07) is 13.8. The van der Waals surface area contributed by atoms with Crippen molar-refractivity contribution < 1.29 is 4.79 Å². The molecule has 2 aromatic rings. The molecule has 5 nitrogen and oxygen atoms in total. The zero-order chi connectivity index (χ0) is 18.2. The summed E-state index contributed by atoms with van der Waals surface area (Å²) < 4.78 is 0. The standard InChI is InChI=1S/C20H26N4OS/c1-26-16-15-23-11-13-24(14-12-23)20(25)22-19(17-5-3-2-4-6-17)18-7-9-21-10-8-18/h2-10,19H,11-16H2,1H3,(H,22,25)/t19-/m1/s1. The lowest BCUT2D eigenvalue weighted by Gasteiger charge is -2.35. The Balaban J connectivity index is 1.65. The normalized spacial score (nSPS) is 16.3. The second kappa shape index (κ2) is 9.59. The highest BCUT2D eigenvalue weighted by molar-refractivity contribution is 7.98. The van der Waals surface area contributed by atoms with Gasteiger partial charge < -0.3 is 10.2 Å². The van der Waals surface area contributed by atoms with Crippen molar-refractivity contribution in [1.29, 1.82) is 0 Å². The zero-order valence-corrected chi connectivity index (χ0v) is 16.0. The van der Waals surface area contributed by atoms with Gasteiger partial charge in [-0.3, -0.25) is 9.88 Å². The molecule has 1 aromatic heterocycles. The van der Waals surface area contributed by atoms with Crippen molar-refractivity contribution >= 4 is 17.8 Å². The zero-order valence-electron chi connectivity index (χ0n) is 15.2. The molecule has 1 atom stereocenters. The average molecular weight is 371 g/mol. The molecule has 2 heterocycles. The number of aromatic nitrogens is 1. The quantitative estimate of drug-likeness (QED) is 0.849. The number of carbonyl (C=O) groups is 1. The van der Waals surface area contributed by atoms with Gasteiger partial charge in [-0.2, -0.15) is 11.8 Å². The SMILES string of the molecule is CSCCN1CCN(C(=O)N[C@H](c2ccccc2)c2ccncc2)CC1. The summed E-state index contributed by atoms with van der Waals surface area (Å²) >= 11 is 1.87. The van der Waals surface area contributed by atoms with Crippen LogP contribution in [-0.2, 0) is 0 Å². The van der Waals surface area contributed by atoms with Crippen LogP contribution in [0.25, 0.3) is 0 Å². The number of hydrogen-bond donors (Lipinski definition) is 1. The molecule has 6 heteroatoms. The summed E-state index contributed by atoms with van der Waals surface area (Å²) in [6.07, 6.45) is 5.66. The number of nitrogens with zero attached hydrogens (tertiary/aromatic N) is 3. The van der Waals surface area contributed by atoms with Crippen molar-refractivity contribution in [2.45, 2.75) is 6.04 Å². The summed E-state index contributed by atoms with van der Waals surface area (Å²) in [6.45, 7) is 4.54. The number of rotatable bonds is 6. The van der Waals surface area contributed by atoms with E-state index in [9.17, 15) is 4.79 Å². The van der Waals surface area contributed by atoms with E-state index in [4.69, 9.17) is 0 Å². The van der Waals surface area contributed by atoms with Crippen molar-refractivity contribution in [2.75, 3.05) is 44.7 Å². The van der Waals surface area contributed by atoms with Crippen LogP contribution in [0.4, 0.5) is 4.79 Å². The van der Waals surface area contributed by atoms with Gasteiger partial charge in [0.05, 0.1) is 6.04 Å². The van der Waals surface area contributed by atoms with Gasteiger partial charge in [-0.25, -0.2) is 4.79 Å². The molecule has 138 valence electrons. The third kappa shape index (κ3) is 4.99. The first-order chi connectivity index (χ1) is 12.8. The summed E-state index contributed by atoms with van der Waals surface area (Å²) in [7, 11) is 0. The van der Waals surface area contributed by atoms with Crippen LogP contribution in [0.1, 0.15) is 17.2 Å². The van der Waals surface area contributed by atoms with Crippen LogP contribution in [-0.4, -0.2) is 65.5 Å². The first kappa shape index (κ1) is 18.7. The van der Waals surface area contributed by atoms with Crippen LogP contribution >= 0.6 is 11.8 Å². The molecule has 1 aliphatic heterocycles.